The molecule has 1 heterocycles. The van der Waals surface area contributed by atoms with Crippen LogP contribution in [0, 0.1) is 0 Å². The average molecular weight is 336 g/mol. The highest BCUT2D eigenvalue weighted by atomic mass is 16.5. The van der Waals surface area contributed by atoms with E-state index in [1.54, 1.807) is 30.5 Å². The van der Waals surface area contributed by atoms with Crippen LogP contribution in [0.4, 0.5) is 10.5 Å². The van der Waals surface area contributed by atoms with Crippen LogP contribution in [-0.2, 0) is 16.1 Å². The minimum Gasteiger partial charge on any atom is -0.465 e. The maximum absolute atomic E-state index is 12.1. The molecule has 0 aliphatic heterocycles. The third kappa shape index (κ3) is 3.74. The molecule has 0 aliphatic carbocycles. The van der Waals surface area contributed by atoms with Gasteiger partial charge in [-0.25, -0.2) is 9.59 Å². The Balaban J connectivity index is 1.79. The monoisotopic (exact) mass is 336 g/mol. The van der Waals surface area contributed by atoms with Crippen molar-refractivity contribution in [2.75, 3.05) is 12.4 Å². The van der Waals surface area contributed by atoms with Crippen molar-refractivity contribution in [2.24, 2.45) is 0 Å². The van der Waals surface area contributed by atoms with Gasteiger partial charge >= 0.3 is 12.1 Å². The Labute approximate surface area is 144 Å². The molecule has 0 aliphatic rings. The first-order valence-corrected chi connectivity index (χ1v) is 7.63. The largest absolute Gasteiger partial charge is 0.465 e. The number of pyridine rings is 1. The molecule has 0 radical (unpaired) electrons. The van der Waals surface area contributed by atoms with Crippen LogP contribution in [0.25, 0.3) is 10.9 Å². The number of fused-ring (bicyclic) bond motifs is 1. The molecule has 0 saturated heterocycles. The van der Waals surface area contributed by atoms with Gasteiger partial charge in [0.2, 0.25) is 0 Å². The molecule has 1 N–H and O–H groups in total. The van der Waals surface area contributed by atoms with Crippen LogP contribution in [0.15, 0.2) is 60.8 Å². The fraction of sp³-hybridized carbons (Fsp3) is 0.105. The number of nitrogens with one attached hydrogen (secondary N) is 1. The number of methoxy groups -OCH3 is 1. The lowest BCUT2D eigenvalue weighted by molar-refractivity contribution is 0.0603. The van der Waals surface area contributed by atoms with E-state index in [4.69, 9.17) is 9.47 Å². The van der Waals surface area contributed by atoms with Gasteiger partial charge in [0.1, 0.15) is 6.61 Å². The van der Waals surface area contributed by atoms with Gasteiger partial charge in [0.05, 0.1) is 23.9 Å². The predicted octanol–water partition coefficient (Wildman–Crippen LogP) is 3.77. The number of anilines is 1. The molecule has 1 aromatic heterocycles. The first-order chi connectivity index (χ1) is 12.2. The Bertz CT molecular complexity index is 910. The van der Waals surface area contributed by atoms with Crippen LogP contribution in [0.5, 0.6) is 0 Å². The Morgan fingerprint density at radius 1 is 1.04 bits per heavy atom. The van der Waals surface area contributed by atoms with E-state index < -0.39 is 12.1 Å². The first-order valence-electron chi connectivity index (χ1n) is 7.63. The number of rotatable bonds is 4. The number of amides is 1. The highest BCUT2D eigenvalue weighted by Crippen LogP contribution is 2.25. The normalized spacial score (nSPS) is 10.3. The number of nitrogens with zero attached hydrogens (tertiary/aromatic N) is 1. The lowest BCUT2D eigenvalue weighted by Gasteiger charge is -2.11. The van der Waals surface area contributed by atoms with Crippen molar-refractivity contribution in [3.8, 4) is 0 Å². The summed E-state index contributed by atoms with van der Waals surface area (Å²) in [5, 5.41) is 3.26. The van der Waals surface area contributed by atoms with Crippen LogP contribution >= 0.6 is 0 Å². The van der Waals surface area contributed by atoms with Crippen molar-refractivity contribution in [3.05, 3.63) is 71.9 Å². The van der Waals surface area contributed by atoms with Crippen molar-refractivity contribution >= 4 is 28.7 Å². The Morgan fingerprint density at radius 2 is 1.84 bits per heavy atom. The van der Waals surface area contributed by atoms with Gasteiger partial charge in [0.25, 0.3) is 0 Å². The summed E-state index contributed by atoms with van der Waals surface area (Å²) < 4.78 is 9.98. The smallest absolute Gasteiger partial charge is 0.412 e. The lowest BCUT2D eigenvalue weighted by atomic mass is 10.1. The van der Waals surface area contributed by atoms with Crippen LogP contribution in [0.1, 0.15) is 15.9 Å². The number of benzene rings is 2. The Morgan fingerprint density at radius 3 is 2.60 bits per heavy atom. The molecule has 0 bridgehead atoms. The Hall–Kier alpha value is -3.41. The quantitative estimate of drug-likeness (QED) is 0.734. The zero-order valence-corrected chi connectivity index (χ0v) is 13.6. The summed E-state index contributed by atoms with van der Waals surface area (Å²) in [6.45, 7) is 0.165. The zero-order valence-electron chi connectivity index (χ0n) is 13.6. The number of carbonyl (C=O) groups is 2. The molecule has 126 valence electrons. The van der Waals surface area contributed by atoms with Gasteiger partial charge in [-0.3, -0.25) is 10.3 Å². The SMILES string of the molecule is COC(=O)c1ccc(NC(=O)OCc2ccccc2)c2ncccc12. The van der Waals surface area contributed by atoms with Crippen LogP contribution in [0.2, 0.25) is 0 Å². The number of hydrogen-bond donors (Lipinski definition) is 1. The van der Waals surface area contributed by atoms with Crippen LogP contribution < -0.4 is 5.32 Å². The molecule has 3 aromatic rings. The summed E-state index contributed by atoms with van der Waals surface area (Å²) in [5.74, 6) is -0.462. The van der Waals surface area contributed by atoms with E-state index in [0.717, 1.165) is 5.56 Å². The van der Waals surface area contributed by atoms with Gasteiger partial charge in [-0.05, 0) is 23.8 Å². The molecule has 0 unspecified atom stereocenters. The molecular formula is C19H16N2O4. The highest BCUT2D eigenvalue weighted by molar-refractivity contribution is 6.08. The summed E-state index contributed by atoms with van der Waals surface area (Å²) >= 11 is 0. The third-order valence-corrected chi connectivity index (χ3v) is 3.62. The summed E-state index contributed by atoms with van der Waals surface area (Å²) in [5.41, 5.74) is 2.22. The first kappa shape index (κ1) is 16.4. The van der Waals surface area contributed by atoms with E-state index >= 15 is 0 Å². The fourth-order valence-electron chi connectivity index (χ4n) is 2.43. The van der Waals surface area contributed by atoms with Gasteiger partial charge in [-0.15, -0.1) is 0 Å². The van der Waals surface area contributed by atoms with Crippen molar-refractivity contribution in [1.29, 1.82) is 0 Å². The van der Waals surface area contributed by atoms with Gasteiger partial charge in [-0.2, -0.15) is 0 Å². The molecule has 3 rings (SSSR count). The van der Waals surface area contributed by atoms with E-state index in [2.05, 4.69) is 10.3 Å². The van der Waals surface area contributed by atoms with E-state index in [9.17, 15) is 9.59 Å². The molecule has 6 heteroatoms. The molecule has 1 amide bonds. The molecular weight excluding hydrogens is 320 g/mol. The summed E-state index contributed by atoms with van der Waals surface area (Å²) in [7, 11) is 1.32. The maximum Gasteiger partial charge on any atom is 0.412 e. The van der Waals surface area contributed by atoms with E-state index in [1.807, 2.05) is 30.3 Å². The van der Waals surface area contributed by atoms with Crippen molar-refractivity contribution in [3.63, 3.8) is 0 Å². The zero-order chi connectivity index (χ0) is 17.6. The van der Waals surface area contributed by atoms with Crippen molar-refractivity contribution in [1.82, 2.24) is 4.98 Å². The molecule has 0 fully saturated rings. The topological polar surface area (TPSA) is 77.5 Å². The number of aromatic nitrogens is 1. The minimum atomic E-state index is -0.596. The summed E-state index contributed by atoms with van der Waals surface area (Å²) in [4.78, 5) is 28.2. The van der Waals surface area contributed by atoms with E-state index in [0.29, 0.717) is 22.2 Å². The second-order valence-corrected chi connectivity index (χ2v) is 5.24. The highest BCUT2D eigenvalue weighted by Gasteiger charge is 2.15. The van der Waals surface area contributed by atoms with Gasteiger partial charge in [0, 0.05) is 11.6 Å². The maximum atomic E-state index is 12.1. The van der Waals surface area contributed by atoms with Crippen LogP contribution in [-0.4, -0.2) is 24.2 Å². The van der Waals surface area contributed by atoms with Gasteiger partial charge in [0.15, 0.2) is 0 Å². The molecule has 0 atom stereocenters. The third-order valence-electron chi connectivity index (χ3n) is 3.62. The standard InChI is InChI=1S/C19H16N2O4/c1-24-18(22)15-9-10-16(17-14(15)8-5-11-20-17)21-19(23)25-12-13-6-3-2-4-7-13/h2-11H,12H2,1H3,(H,21,23). The van der Waals surface area contributed by atoms with E-state index in [-0.39, 0.29) is 6.61 Å². The average Bonchev–Trinajstić information content (AvgIpc) is 2.67. The number of carbonyl (C=O) groups excluding carboxylic acids is 2. The lowest BCUT2D eigenvalue weighted by Crippen LogP contribution is -2.14. The number of ether oxygens (including phenoxy) is 2. The molecule has 6 nitrogen and oxygen atoms in total. The van der Waals surface area contributed by atoms with E-state index in [1.165, 1.54) is 7.11 Å². The predicted molar refractivity (Wildman–Crippen MR) is 93.3 cm³/mol. The van der Waals surface area contributed by atoms with Gasteiger partial charge < -0.3 is 9.47 Å². The van der Waals surface area contributed by atoms with Gasteiger partial charge in [-0.1, -0.05) is 36.4 Å². The van der Waals surface area contributed by atoms with Crippen LogP contribution in [0.3, 0.4) is 0 Å². The number of esters is 1. The summed E-state index contributed by atoms with van der Waals surface area (Å²) in [6, 6.07) is 16.0. The Kier molecular flexibility index (Phi) is 4.89. The summed E-state index contributed by atoms with van der Waals surface area (Å²) in [6.07, 6.45) is 0.991. The second kappa shape index (κ2) is 7.44. The minimum absolute atomic E-state index is 0.165. The molecule has 2 aromatic carbocycles. The van der Waals surface area contributed by atoms with Crippen molar-refractivity contribution in [2.45, 2.75) is 6.61 Å². The van der Waals surface area contributed by atoms with Crippen molar-refractivity contribution < 1.29 is 19.1 Å². The molecule has 0 spiro atoms. The molecule has 0 saturated carbocycles. The molecule has 25 heavy (non-hydrogen) atoms. The second-order valence-electron chi connectivity index (χ2n) is 5.24. The number of hydrogen-bond acceptors (Lipinski definition) is 5. The fourth-order valence-corrected chi connectivity index (χ4v) is 2.43.